The lowest BCUT2D eigenvalue weighted by atomic mass is 10.1. The Labute approximate surface area is 224 Å². The molecular formula is C28H36N8O2. The SMILES string of the molecule is C=CC(=O)Nc1cc(Nc2cc(-c3ccc(C=N)c(NC)c3)ncn2)c(OC)cc1N(C)CCN(C)CC. The Bertz CT molecular complexity index is 1290. The summed E-state index contributed by atoms with van der Waals surface area (Å²) in [5, 5.41) is 16.9. The maximum absolute atomic E-state index is 12.2. The molecule has 0 fully saturated rings. The van der Waals surface area contributed by atoms with E-state index < -0.39 is 0 Å². The number of amides is 1. The predicted octanol–water partition coefficient (Wildman–Crippen LogP) is 4.45. The molecule has 0 unspecified atom stereocenters. The van der Waals surface area contributed by atoms with E-state index in [-0.39, 0.29) is 5.91 Å². The van der Waals surface area contributed by atoms with Crippen molar-refractivity contribution in [3.8, 4) is 17.0 Å². The second-order valence-electron chi connectivity index (χ2n) is 8.69. The quantitative estimate of drug-likeness (QED) is 0.194. The molecule has 0 aliphatic rings. The van der Waals surface area contributed by atoms with Crippen molar-refractivity contribution < 1.29 is 9.53 Å². The molecule has 1 amide bonds. The number of hydrogen-bond donors (Lipinski definition) is 4. The van der Waals surface area contributed by atoms with Crippen LogP contribution in [-0.4, -0.2) is 74.9 Å². The number of hydrogen-bond acceptors (Lipinski definition) is 9. The Hall–Kier alpha value is -4.44. The topological polar surface area (TPSA) is 118 Å². The number of nitrogens with zero attached hydrogens (tertiary/aromatic N) is 4. The number of aromatic nitrogens is 2. The van der Waals surface area contributed by atoms with E-state index in [0.717, 1.165) is 42.1 Å². The van der Waals surface area contributed by atoms with Crippen LogP contribution in [0.15, 0.2) is 55.4 Å². The number of likely N-dealkylation sites (N-methyl/N-ethyl adjacent to an activating group) is 2. The van der Waals surface area contributed by atoms with Crippen LogP contribution in [0.4, 0.5) is 28.6 Å². The zero-order chi connectivity index (χ0) is 27.7. The van der Waals surface area contributed by atoms with Gasteiger partial charge in [-0.05, 0) is 31.8 Å². The molecule has 1 heterocycles. The second-order valence-corrected chi connectivity index (χ2v) is 8.69. The van der Waals surface area contributed by atoms with Crippen LogP contribution >= 0.6 is 0 Å². The minimum atomic E-state index is -0.306. The van der Waals surface area contributed by atoms with E-state index in [4.69, 9.17) is 10.1 Å². The standard InChI is InChI=1S/C28H36N8O2/c1-7-28(37)34-23-14-24(26(38-6)16-25(23)36(5)12-11-35(4)8-2)33-27-15-22(31-18-32-27)19-9-10-20(17-29)21(13-19)30-3/h7,9-10,13-18,29-30H,1,8,11-12H2,2-6H3,(H,34,37)(H,31,32,33). The fraction of sp³-hybridized carbons (Fsp3) is 0.286. The highest BCUT2D eigenvalue weighted by Gasteiger charge is 2.17. The van der Waals surface area contributed by atoms with E-state index in [2.05, 4.69) is 56.3 Å². The third kappa shape index (κ3) is 6.86. The minimum absolute atomic E-state index is 0.306. The summed E-state index contributed by atoms with van der Waals surface area (Å²) in [6, 6.07) is 11.3. The van der Waals surface area contributed by atoms with Crippen LogP contribution in [0.25, 0.3) is 11.3 Å². The van der Waals surface area contributed by atoms with E-state index >= 15 is 0 Å². The molecule has 10 nitrogen and oxygen atoms in total. The monoisotopic (exact) mass is 516 g/mol. The van der Waals surface area contributed by atoms with Crippen LogP contribution in [0.5, 0.6) is 5.75 Å². The molecule has 0 spiro atoms. The molecule has 0 saturated carbocycles. The first-order valence-corrected chi connectivity index (χ1v) is 12.3. The van der Waals surface area contributed by atoms with Gasteiger partial charge in [0, 0.05) is 62.3 Å². The molecular weight excluding hydrogens is 480 g/mol. The van der Waals surface area contributed by atoms with Crippen LogP contribution in [0.2, 0.25) is 0 Å². The van der Waals surface area contributed by atoms with Crippen LogP contribution in [0, 0.1) is 5.41 Å². The average Bonchev–Trinajstić information content (AvgIpc) is 2.95. The lowest BCUT2D eigenvalue weighted by molar-refractivity contribution is -0.111. The van der Waals surface area contributed by atoms with Crippen LogP contribution in [-0.2, 0) is 4.79 Å². The third-order valence-corrected chi connectivity index (χ3v) is 6.23. The summed E-state index contributed by atoms with van der Waals surface area (Å²) in [6.45, 7) is 8.27. The lowest BCUT2D eigenvalue weighted by Crippen LogP contribution is -2.31. The van der Waals surface area contributed by atoms with Gasteiger partial charge in [-0.1, -0.05) is 25.6 Å². The summed E-state index contributed by atoms with van der Waals surface area (Å²) in [5.74, 6) is 0.849. The summed E-state index contributed by atoms with van der Waals surface area (Å²) in [5.41, 5.74) is 5.29. The summed E-state index contributed by atoms with van der Waals surface area (Å²) >= 11 is 0. The van der Waals surface area contributed by atoms with Gasteiger partial charge in [0.15, 0.2) is 0 Å². The molecule has 3 rings (SSSR count). The van der Waals surface area contributed by atoms with E-state index in [1.165, 1.54) is 18.6 Å². The van der Waals surface area contributed by atoms with E-state index in [9.17, 15) is 4.79 Å². The Kier molecular flexibility index (Phi) is 9.78. The molecule has 1 aromatic heterocycles. The number of rotatable bonds is 13. The highest BCUT2D eigenvalue weighted by atomic mass is 16.5. The smallest absolute Gasteiger partial charge is 0.247 e. The number of methoxy groups -OCH3 is 1. The van der Waals surface area contributed by atoms with Gasteiger partial charge in [0.25, 0.3) is 0 Å². The average molecular weight is 517 g/mol. The van der Waals surface area contributed by atoms with Gasteiger partial charge in [-0.25, -0.2) is 9.97 Å². The third-order valence-electron chi connectivity index (χ3n) is 6.23. The molecule has 0 saturated heterocycles. The molecule has 0 radical (unpaired) electrons. The summed E-state index contributed by atoms with van der Waals surface area (Å²) in [7, 11) is 7.47. The van der Waals surface area contributed by atoms with Crippen LogP contribution in [0.3, 0.4) is 0 Å². The van der Waals surface area contributed by atoms with E-state index in [1.807, 2.05) is 50.5 Å². The van der Waals surface area contributed by atoms with Gasteiger partial charge in [-0.3, -0.25) is 4.79 Å². The predicted molar refractivity (Wildman–Crippen MR) is 156 cm³/mol. The molecule has 10 heteroatoms. The van der Waals surface area contributed by atoms with Crippen molar-refractivity contribution in [1.29, 1.82) is 5.41 Å². The molecule has 4 N–H and O–H groups in total. The fourth-order valence-corrected chi connectivity index (χ4v) is 3.81. The first kappa shape index (κ1) is 28.1. The van der Waals surface area contributed by atoms with E-state index in [0.29, 0.717) is 28.6 Å². The van der Waals surface area contributed by atoms with Crippen molar-refractivity contribution in [3.63, 3.8) is 0 Å². The zero-order valence-corrected chi connectivity index (χ0v) is 22.6. The number of carbonyl (C=O) groups excluding carboxylic acids is 1. The Morgan fingerprint density at radius 3 is 2.55 bits per heavy atom. The zero-order valence-electron chi connectivity index (χ0n) is 22.6. The first-order chi connectivity index (χ1) is 18.3. The van der Waals surface area contributed by atoms with Gasteiger partial charge in [0.05, 0.1) is 29.9 Å². The van der Waals surface area contributed by atoms with Gasteiger partial charge in [0.1, 0.15) is 17.9 Å². The number of ether oxygens (including phenoxy) is 1. The number of anilines is 5. The van der Waals surface area contributed by atoms with Crippen molar-refractivity contribution in [1.82, 2.24) is 14.9 Å². The van der Waals surface area contributed by atoms with E-state index in [1.54, 1.807) is 7.11 Å². The number of carbonyl (C=O) groups is 1. The molecule has 38 heavy (non-hydrogen) atoms. The Morgan fingerprint density at radius 2 is 1.89 bits per heavy atom. The highest BCUT2D eigenvalue weighted by Crippen LogP contribution is 2.38. The van der Waals surface area contributed by atoms with Gasteiger partial charge < -0.3 is 35.9 Å². The molecule has 3 aromatic rings. The second kappa shape index (κ2) is 13.2. The Morgan fingerprint density at radius 1 is 1.11 bits per heavy atom. The Balaban J connectivity index is 1.97. The normalized spacial score (nSPS) is 10.6. The maximum atomic E-state index is 12.2. The van der Waals surface area contributed by atoms with Gasteiger partial charge in [-0.2, -0.15) is 0 Å². The van der Waals surface area contributed by atoms with Crippen molar-refractivity contribution in [2.24, 2.45) is 0 Å². The summed E-state index contributed by atoms with van der Waals surface area (Å²) < 4.78 is 5.71. The molecule has 0 bridgehead atoms. The molecule has 200 valence electrons. The van der Waals surface area contributed by atoms with Crippen molar-refractivity contribution in [2.75, 3.05) is 68.7 Å². The largest absolute Gasteiger partial charge is 0.494 e. The highest BCUT2D eigenvalue weighted by molar-refractivity contribution is 6.02. The van der Waals surface area contributed by atoms with Crippen LogP contribution < -0.4 is 25.6 Å². The van der Waals surface area contributed by atoms with Gasteiger partial charge >= 0.3 is 0 Å². The van der Waals surface area contributed by atoms with Crippen molar-refractivity contribution in [3.05, 3.63) is 60.9 Å². The summed E-state index contributed by atoms with van der Waals surface area (Å²) in [6.07, 6.45) is 4.03. The van der Waals surface area contributed by atoms with Crippen LogP contribution in [0.1, 0.15) is 12.5 Å². The van der Waals surface area contributed by atoms with Gasteiger partial charge in [0.2, 0.25) is 5.91 Å². The van der Waals surface area contributed by atoms with Crippen molar-refractivity contribution >= 4 is 40.7 Å². The first-order valence-electron chi connectivity index (χ1n) is 12.3. The minimum Gasteiger partial charge on any atom is -0.494 e. The number of benzene rings is 2. The molecule has 0 aliphatic heterocycles. The van der Waals surface area contributed by atoms with Crippen molar-refractivity contribution in [2.45, 2.75) is 6.92 Å². The molecule has 0 atom stereocenters. The fourth-order valence-electron chi connectivity index (χ4n) is 3.81. The van der Waals surface area contributed by atoms with Gasteiger partial charge in [-0.15, -0.1) is 0 Å². The maximum Gasteiger partial charge on any atom is 0.247 e. The molecule has 0 aliphatic carbocycles. The number of nitrogens with one attached hydrogen (secondary N) is 4. The lowest BCUT2D eigenvalue weighted by Gasteiger charge is -2.26. The summed E-state index contributed by atoms with van der Waals surface area (Å²) in [4.78, 5) is 25.4. The molecule has 2 aromatic carbocycles.